The molecule has 1 unspecified atom stereocenters. The van der Waals surface area contributed by atoms with Crippen molar-refractivity contribution in [2.75, 3.05) is 0 Å². The van der Waals surface area contributed by atoms with Gasteiger partial charge in [-0.3, -0.25) is 4.79 Å². The monoisotopic (exact) mass is 424 g/mol. The number of ketones is 1. The predicted octanol–water partition coefficient (Wildman–Crippen LogP) is 6.65. The molecule has 0 spiro atoms. The summed E-state index contributed by atoms with van der Waals surface area (Å²) < 4.78 is 30.9. The minimum atomic E-state index is -2.71. The van der Waals surface area contributed by atoms with Crippen LogP contribution in [0.4, 0.5) is 8.78 Å². The van der Waals surface area contributed by atoms with Gasteiger partial charge in [0, 0.05) is 25.2 Å². The predicted molar refractivity (Wildman–Crippen MR) is 115 cm³/mol. The quantitative estimate of drug-likeness (QED) is 0.549. The average molecular weight is 425 g/mol. The van der Waals surface area contributed by atoms with Crippen LogP contribution in [0.3, 0.4) is 0 Å². The number of carbonyl (C=O) groups excluding carboxylic acids is 1. The van der Waals surface area contributed by atoms with Crippen molar-refractivity contribution in [3.63, 3.8) is 0 Å². The SMILES string of the molecule is C[C@H](CCC(C)(C)O)[C@H]1CC[C@H]2[C@@H]3CC(F)(F)[C@H]4CC(=O)CCC4(C)[C@H]3CC[C@]12C. The van der Waals surface area contributed by atoms with Crippen molar-refractivity contribution in [1.82, 2.24) is 0 Å². The lowest BCUT2D eigenvalue weighted by molar-refractivity contribution is -0.223. The summed E-state index contributed by atoms with van der Waals surface area (Å²) in [5.74, 6) is -1.52. The third-order valence-corrected chi connectivity index (χ3v) is 10.4. The molecule has 0 radical (unpaired) electrons. The number of halogens is 2. The summed E-state index contributed by atoms with van der Waals surface area (Å²) in [5, 5.41) is 10.2. The zero-order valence-corrected chi connectivity index (χ0v) is 19.6. The Morgan fingerprint density at radius 2 is 1.77 bits per heavy atom. The van der Waals surface area contributed by atoms with Gasteiger partial charge in [0.05, 0.1) is 5.60 Å². The van der Waals surface area contributed by atoms with Gasteiger partial charge in [0.1, 0.15) is 5.78 Å². The van der Waals surface area contributed by atoms with Gasteiger partial charge >= 0.3 is 0 Å². The lowest BCUT2D eigenvalue weighted by Crippen LogP contribution is -2.60. The van der Waals surface area contributed by atoms with E-state index in [0.717, 1.165) is 38.5 Å². The minimum Gasteiger partial charge on any atom is -0.390 e. The molecule has 30 heavy (non-hydrogen) atoms. The standard InChI is InChI=1S/C26H42F2O2/c1-16(8-11-23(2,3)30)19-6-7-20-18-15-26(27,28)22-14-17(29)9-12-25(22,5)21(18)10-13-24(19,20)4/h16,18-22,30H,6-15H2,1-5H3/t16-,18+,19-,20+,21+,22+,24-,25?/m1/s1. The number of hydrogen-bond acceptors (Lipinski definition) is 2. The maximum absolute atomic E-state index is 15.4. The highest BCUT2D eigenvalue weighted by Gasteiger charge is 2.67. The third-order valence-electron chi connectivity index (χ3n) is 10.4. The topological polar surface area (TPSA) is 37.3 Å². The van der Waals surface area contributed by atoms with E-state index in [4.69, 9.17) is 0 Å². The van der Waals surface area contributed by atoms with Crippen LogP contribution in [0.25, 0.3) is 0 Å². The summed E-state index contributed by atoms with van der Waals surface area (Å²) in [6, 6.07) is 0. The van der Waals surface area contributed by atoms with E-state index in [1.807, 2.05) is 13.8 Å². The highest BCUT2D eigenvalue weighted by Crippen LogP contribution is 2.70. The number of hydrogen-bond donors (Lipinski definition) is 1. The van der Waals surface area contributed by atoms with E-state index in [1.54, 1.807) is 0 Å². The maximum atomic E-state index is 15.4. The van der Waals surface area contributed by atoms with E-state index >= 15 is 8.78 Å². The summed E-state index contributed by atoms with van der Waals surface area (Å²) >= 11 is 0. The molecule has 0 aromatic rings. The Labute approximate surface area is 181 Å². The Morgan fingerprint density at radius 3 is 2.43 bits per heavy atom. The van der Waals surface area contributed by atoms with Gasteiger partial charge in [0.15, 0.2) is 0 Å². The summed E-state index contributed by atoms with van der Waals surface area (Å²) in [5.41, 5.74) is -0.880. The highest BCUT2D eigenvalue weighted by atomic mass is 19.3. The molecule has 0 aromatic heterocycles. The van der Waals surface area contributed by atoms with Crippen LogP contribution in [0.1, 0.15) is 98.8 Å². The zero-order valence-electron chi connectivity index (χ0n) is 19.6. The average Bonchev–Trinajstić information content (AvgIpc) is 2.98. The molecular formula is C26H42F2O2. The van der Waals surface area contributed by atoms with Gasteiger partial charge in [0.2, 0.25) is 0 Å². The van der Waals surface area contributed by atoms with Crippen molar-refractivity contribution in [3.8, 4) is 0 Å². The molecule has 0 amide bonds. The molecule has 0 aromatic carbocycles. The van der Waals surface area contributed by atoms with Gasteiger partial charge in [-0.05, 0) is 99.2 Å². The first-order chi connectivity index (χ1) is 13.8. The van der Waals surface area contributed by atoms with Crippen LogP contribution in [0, 0.1) is 46.3 Å². The molecule has 4 aliphatic carbocycles. The van der Waals surface area contributed by atoms with E-state index in [9.17, 15) is 9.90 Å². The molecular weight excluding hydrogens is 382 g/mol. The number of alkyl halides is 2. The van der Waals surface area contributed by atoms with Crippen molar-refractivity contribution in [2.24, 2.45) is 46.3 Å². The van der Waals surface area contributed by atoms with Crippen molar-refractivity contribution in [1.29, 1.82) is 0 Å². The van der Waals surface area contributed by atoms with E-state index in [2.05, 4.69) is 20.8 Å². The van der Waals surface area contributed by atoms with Gasteiger partial charge in [-0.15, -0.1) is 0 Å². The largest absolute Gasteiger partial charge is 0.390 e. The van der Waals surface area contributed by atoms with Crippen molar-refractivity contribution in [3.05, 3.63) is 0 Å². The maximum Gasteiger partial charge on any atom is 0.252 e. The van der Waals surface area contributed by atoms with E-state index in [-0.39, 0.29) is 35.4 Å². The third kappa shape index (κ3) is 3.57. The second kappa shape index (κ2) is 7.25. The van der Waals surface area contributed by atoms with E-state index in [1.165, 1.54) is 0 Å². The van der Waals surface area contributed by atoms with Gasteiger partial charge in [-0.25, -0.2) is 8.78 Å². The molecule has 4 fully saturated rings. The fraction of sp³-hybridized carbons (Fsp3) is 0.962. The highest BCUT2D eigenvalue weighted by molar-refractivity contribution is 5.79. The smallest absolute Gasteiger partial charge is 0.252 e. The Balaban J connectivity index is 1.57. The van der Waals surface area contributed by atoms with Gasteiger partial charge in [-0.1, -0.05) is 20.8 Å². The molecule has 172 valence electrons. The van der Waals surface area contributed by atoms with Crippen molar-refractivity contribution >= 4 is 5.78 Å². The van der Waals surface area contributed by atoms with Gasteiger partial charge < -0.3 is 5.11 Å². The van der Waals surface area contributed by atoms with Crippen LogP contribution in [0.5, 0.6) is 0 Å². The first-order valence-corrected chi connectivity index (χ1v) is 12.4. The molecule has 4 heteroatoms. The van der Waals surface area contributed by atoms with Crippen LogP contribution in [0.2, 0.25) is 0 Å². The lowest BCUT2D eigenvalue weighted by Gasteiger charge is -2.62. The lowest BCUT2D eigenvalue weighted by atomic mass is 9.43. The first-order valence-electron chi connectivity index (χ1n) is 12.4. The Hall–Kier alpha value is -0.510. The van der Waals surface area contributed by atoms with E-state index < -0.39 is 17.4 Å². The van der Waals surface area contributed by atoms with Crippen LogP contribution < -0.4 is 0 Å². The van der Waals surface area contributed by atoms with Gasteiger partial charge in [0.25, 0.3) is 5.92 Å². The molecule has 4 saturated carbocycles. The van der Waals surface area contributed by atoms with Crippen LogP contribution >= 0.6 is 0 Å². The van der Waals surface area contributed by atoms with Crippen molar-refractivity contribution < 1.29 is 18.7 Å². The Morgan fingerprint density at radius 1 is 1.10 bits per heavy atom. The second-order valence-electron chi connectivity index (χ2n) is 12.7. The fourth-order valence-electron chi connectivity index (χ4n) is 8.83. The van der Waals surface area contributed by atoms with Crippen LogP contribution in [-0.2, 0) is 4.79 Å². The van der Waals surface area contributed by atoms with Crippen molar-refractivity contribution in [2.45, 2.75) is 110 Å². The zero-order chi connectivity index (χ0) is 22.1. The number of Topliss-reactive ketones (excluding diaryl/α,β-unsaturated/α-hetero) is 1. The normalized spacial score (nSPS) is 46.7. The van der Waals surface area contributed by atoms with Crippen LogP contribution in [0.15, 0.2) is 0 Å². The Bertz CT molecular complexity index is 683. The number of fused-ring (bicyclic) bond motifs is 5. The summed E-state index contributed by atoms with van der Waals surface area (Å²) in [7, 11) is 0. The summed E-state index contributed by atoms with van der Waals surface area (Å²) in [6.45, 7) is 10.6. The van der Waals surface area contributed by atoms with Crippen LogP contribution in [-0.4, -0.2) is 22.4 Å². The Kier molecular flexibility index (Phi) is 5.48. The molecule has 0 bridgehead atoms. The first kappa shape index (κ1) is 22.7. The number of carbonyl (C=O) groups is 1. The fourth-order valence-corrected chi connectivity index (χ4v) is 8.83. The molecule has 2 nitrogen and oxygen atoms in total. The minimum absolute atomic E-state index is 0.00374. The molecule has 0 saturated heterocycles. The van der Waals surface area contributed by atoms with Gasteiger partial charge in [-0.2, -0.15) is 0 Å². The second-order valence-corrected chi connectivity index (χ2v) is 12.7. The molecule has 8 atom stereocenters. The summed E-state index contributed by atoms with van der Waals surface area (Å²) in [4.78, 5) is 12.0. The number of rotatable bonds is 4. The molecule has 0 aliphatic heterocycles. The summed E-state index contributed by atoms with van der Waals surface area (Å²) in [6.07, 6.45) is 7.43. The molecule has 4 aliphatic rings. The number of aliphatic hydroxyl groups is 1. The molecule has 4 rings (SSSR count). The molecule has 1 N–H and O–H groups in total. The molecule has 0 heterocycles. The van der Waals surface area contributed by atoms with E-state index in [0.29, 0.717) is 36.5 Å².